The van der Waals surface area contributed by atoms with E-state index in [2.05, 4.69) is 5.32 Å². The number of benzene rings is 1. The largest absolute Gasteiger partial charge is 0.493 e. The van der Waals surface area contributed by atoms with Gasteiger partial charge >= 0.3 is 5.97 Å². The molecule has 2 heterocycles. The summed E-state index contributed by atoms with van der Waals surface area (Å²) in [7, 11) is 3.15. The molecule has 35 heavy (non-hydrogen) atoms. The first-order valence-electron chi connectivity index (χ1n) is 12.2. The van der Waals surface area contributed by atoms with Crippen molar-refractivity contribution in [1.82, 2.24) is 5.32 Å². The predicted molar refractivity (Wildman–Crippen MR) is 129 cm³/mol. The molecule has 0 spiro atoms. The van der Waals surface area contributed by atoms with Crippen molar-refractivity contribution in [2.24, 2.45) is 0 Å². The van der Waals surface area contributed by atoms with Crippen molar-refractivity contribution in [3.63, 3.8) is 0 Å². The number of ether oxygens (including phenoxy) is 3. The van der Waals surface area contributed by atoms with E-state index in [4.69, 9.17) is 18.6 Å². The molecule has 0 saturated heterocycles. The lowest BCUT2D eigenvalue weighted by Gasteiger charge is -2.36. The van der Waals surface area contributed by atoms with Crippen molar-refractivity contribution in [3.05, 3.63) is 70.5 Å². The highest BCUT2D eigenvalue weighted by Crippen LogP contribution is 2.47. The Balaban J connectivity index is 1.58. The minimum absolute atomic E-state index is 0.00130. The highest BCUT2D eigenvalue weighted by atomic mass is 16.5. The van der Waals surface area contributed by atoms with Gasteiger partial charge in [-0.1, -0.05) is 6.07 Å². The van der Waals surface area contributed by atoms with Gasteiger partial charge in [0.1, 0.15) is 11.9 Å². The number of hydrogen-bond acceptors (Lipinski definition) is 7. The lowest BCUT2D eigenvalue weighted by molar-refractivity contribution is -0.144. The number of rotatable bonds is 6. The van der Waals surface area contributed by atoms with Gasteiger partial charge < -0.3 is 23.9 Å². The Labute approximate surface area is 205 Å². The van der Waals surface area contributed by atoms with Crippen LogP contribution in [0.4, 0.5) is 0 Å². The molecule has 184 valence electrons. The summed E-state index contributed by atoms with van der Waals surface area (Å²) < 4.78 is 22.5. The second-order valence-electron chi connectivity index (χ2n) is 9.46. The van der Waals surface area contributed by atoms with Crippen LogP contribution in [-0.2, 0) is 14.3 Å². The molecular formula is C28H31NO6. The highest BCUT2D eigenvalue weighted by Gasteiger charge is 2.42. The fraction of sp³-hybridized carbons (Fsp3) is 0.429. The second-order valence-corrected chi connectivity index (χ2v) is 9.46. The fourth-order valence-corrected chi connectivity index (χ4v) is 5.62. The first-order chi connectivity index (χ1) is 17.0. The molecule has 0 bridgehead atoms. The van der Waals surface area contributed by atoms with E-state index in [1.54, 1.807) is 20.5 Å². The third kappa shape index (κ3) is 4.35. The fourth-order valence-electron chi connectivity index (χ4n) is 5.62. The van der Waals surface area contributed by atoms with Crippen molar-refractivity contribution in [1.29, 1.82) is 0 Å². The summed E-state index contributed by atoms with van der Waals surface area (Å²) in [6, 6.07) is 9.30. The van der Waals surface area contributed by atoms with Crippen LogP contribution in [0.3, 0.4) is 0 Å². The van der Waals surface area contributed by atoms with Crippen LogP contribution < -0.4 is 14.8 Å². The zero-order valence-electron chi connectivity index (χ0n) is 20.4. The number of methoxy groups -OCH3 is 2. The summed E-state index contributed by atoms with van der Waals surface area (Å²) in [6.45, 7) is 1.88. The minimum atomic E-state index is -0.551. The Morgan fingerprint density at radius 2 is 1.83 bits per heavy atom. The number of ketones is 1. The Hall–Kier alpha value is -3.48. The summed E-state index contributed by atoms with van der Waals surface area (Å²) in [6.07, 6.45) is 6.39. The van der Waals surface area contributed by atoms with Crippen LogP contribution in [0, 0.1) is 0 Å². The first-order valence-corrected chi connectivity index (χ1v) is 12.2. The smallest absolute Gasteiger partial charge is 0.337 e. The van der Waals surface area contributed by atoms with Gasteiger partial charge in [0.15, 0.2) is 17.3 Å². The molecule has 1 aromatic carbocycles. The Morgan fingerprint density at radius 3 is 2.51 bits per heavy atom. The molecule has 1 saturated carbocycles. The van der Waals surface area contributed by atoms with Gasteiger partial charge in [0, 0.05) is 35.2 Å². The number of esters is 1. The molecule has 0 radical (unpaired) electrons. The van der Waals surface area contributed by atoms with Crippen molar-refractivity contribution < 1.29 is 28.2 Å². The minimum Gasteiger partial charge on any atom is -0.493 e. The van der Waals surface area contributed by atoms with Gasteiger partial charge in [0.25, 0.3) is 0 Å². The maximum absolute atomic E-state index is 13.6. The van der Waals surface area contributed by atoms with E-state index in [0.717, 1.165) is 42.7 Å². The molecule has 7 heteroatoms. The molecule has 5 rings (SSSR count). The van der Waals surface area contributed by atoms with Gasteiger partial charge in [-0.15, -0.1) is 0 Å². The first kappa shape index (κ1) is 23.3. The van der Waals surface area contributed by atoms with E-state index < -0.39 is 5.92 Å². The number of dihydropyridines is 1. The highest BCUT2D eigenvalue weighted by molar-refractivity contribution is 6.04. The van der Waals surface area contributed by atoms with Gasteiger partial charge in [-0.2, -0.15) is 0 Å². The average Bonchev–Trinajstić information content (AvgIpc) is 3.57. The molecule has 7 nitrogen and oxygen atoms in total. The third-order valence-corrected chi connectivity index (χ3v) is 7.31. The number of allylic oxidation sites excluding steroid dienone is 3. The van der Waals surface area contributed by atoms with E-state index in [1.165, 1.54) is 0 Å². The normalized spacial score (nSPS) is 22.7. The van der Waals surface area contributed by atoms with E-state index in [9.17, 15) is 9.59 Å². The van der Waals surface area contributed by atoms with Gasteiger partial charge in [-0.25, -0.2) is 4.79 Å². The van der Waals surface area contributed by atoms with Crippen LogP contribution in [0.25, 0.3) is 0 Å². The Morgan fingerprint density at radius 1 is 1.06 bits per heavy atom. The summed E-state index contributed by atoms with van der Waals surface area (Å²) in [5, 5.41) is 3.39. The maximum atomic E-state index is 13.6. The standard InChI is InChI=1S/C28H31NO6/c1-16-25(28(31)35-19-7-4-5-8-19)26(17-10-11-23(32-2)24(15-17)33-3)27-20(29-16)13-18(14-21(27)30)22-9-6-12-34-22/h6,9-12,15,18-19,26,29H,4-5,7-8,13-14H2,1-3H3/t18-,26-/m0/s1. The monoisotopic (exact) mass is 477 g/mol. The lowest BCUT2D eigenvalue weighted by Crippen LogP contribution is -2.36. The van der Waals surface area contributed by atoms with Crippen LogP contribution in [0.15, 0.2) is 63.6 Å². The van der Waals surface area contributed by atoms with Gasteiger partial charge in [-0.05, 0) is 68.9 Å². The number of hydrogen-bond donors (Lipinski definition) is 1. The number of furan rings is 1. The van der Waals surface area contributed by atoms with Gasteiger partial charge in [0.2, 0.25) is 0 Å². The molecule has 0 amide bonds. The molecule has 2 aromatic rings. The van der Waals surface area contributed by atoms with Crippen molar-refractivity contribution in [2.75, 3.05) is 14.2 Å². The molecule has 1 aromatic heterocycles. The second kappa shape index (κ2) is 9.64. The number of Topliss-reactive ketones (excluding diaryl/α,β-unsaturated/α-hetero) is 1. The maximum Gasteiger partial charge on any atom is 0.337 e. The molecule has 2 atom stereocenters. The summed E-state index contributed by atoms with van der Waals surface area (Å²) in [4.78, 5) is 27.2. The summed E-state index contributed by atoms with van der Waals surface area (Å²) in [5.41, 5.74) is 3.42. The van der Waals surface area contributed by atoms with Gasteiger partial charge in [0.05, 0.1) is 26.1 Å². The predicted octanol–water partition coefficient (Wildman–Crippen LogP) is 5.14. The lowest BCUT2D eigenvalue weighted by atomic mass is 9.72. The molecule has 2 aliphatic carbocycles. The molecule has 1 N–H and O–H groups in total. The van der Waals surface area contributed by atoms with Crippen LogP contribution in [0.5, 0.6) is 11.5 Å². The summed E-state index contributed by atoms with van der Waals surface area (Å²) >= 11 is 0. The SMILES string of the molecule is COc1ccc([C@H]2C(C(=O)OC3CCCC3)=C(C)NC3=C2C(=O)C[C@@H](c2ccco2)C3)cc1OC. The van der Waals surface area contributed by atoms with Crippen molar-refractivity contribution in [3.8, 4) is 11.5 Å². The molecule has 1 fully saturated rings. The van der Waals surface area contributed by atoms with Crippen LogP contribution in [-0.4, -0.2) is 32.1 Å². The number of carbonyl (C=O) groups excluding carboxylic acids is 2. The van der Waals surface area contributed by atoms with E-state index in [0.29, 0.717) is 41.2 Å². The summed E-state index contributed by atoms with van der Waals surface area (Å²) in [5.74, 6) is 0.960. The molecule has 1 aliphatic heterocycles. The number of carbonyl (C=O) groups is 2. The topological polar surface area (TPSA) is 87.0 Å². The van der Waals surface area contributed by atoms with E-state index >= 15 is 0 Å². The number of nitrogens with one attached hydrogen (secondary N) is 1. The Kier molecular flexibility index (Phi) is 6.41. The average molecular weight is 478 g/mol. The van der Waals surface area contributed by atoms with Crippen molar-refractivity contribution >= 4 is 11.8 Å². The molecule has 0 unspecified atom stereocenters. The van der Waals surface area contributed by atoms with Crippen molar-refractivity contribution in [2.45, 2.75) is 63.4 Å². The quantitative estimate of drug-likeness (QED) is 0.576. The van der Waals surface area contributed by atoms with Crippen LogP contribution in [0.2, 0.25) is 0 Å². The van der Waals surface area contributed by atoms with Crippen LogP contribution >= 0.6 is 0 Å². The van der Waals surface area contributed by atoms with Gasteiger partial charge in [-0.3, -0.25) is 4.79 Å². The van der Waals surface area contributed by atoms with Crippen LogP contribution in [0.1, 0.15) is 68.6 Å². The third-order valence-electron chi connectivity index (χ3n) is 7.31. The zero-order valence-corrected chi connectivity index (χ0v) is 20.4. The Bertz CT molecular complexity index is 1190. The zero-order chi connectivity index (χ0) is 24.5. The van der Waals surface area contributed by atoms with E-state index in [1.807, 2.05) is 37.3 Å². The molecular weight excluding hydrogens is 446 g/mol. The van der Waals surface area contributed by atoms with E-state index in [-0.39, 0.29) is 23.8 Å². The molecule has 3 aliphatic rings.